The van der Waals surface area contributed by atoms with E-state index in [1.54, 1.807) is 24.3 Å². The molecule has 0 aliphatic rings. The molecule has 4 aromatic rings. The maximum Gasteiger partial charge on any atom is 0.419 e. The molecule has 204 valence electrons. The van der Waals surface area contributed by atoms with Crippen LogP contribution in [-0.2, 0) is 25.4 Å². The maximum atomic E-state index is 13.4. The van der Waals surface area contributed by atoms with E-state index >= 15 is 0 Å². The lowest BCUT2D eigenvalue weighted by Gasteiger charge is -2.15. The Labute approximate surface area is 224 Å². The summed E-state index contributed by atoms with van der Waals surface area (Å²) in [4.78, 5) is 1.52. The van der Waals surface area contributed by atoms with Crippen LogP contribution in [0.25, 0.3) is 0 Å². The van der Waals surface area contributed by atoms with Gasteiger partial charge in [-0.1, -0.05) is 23.9 Å². The van der Waals surface area contributed by atoms with E-state index in [1.807, 2.05) is 0 Å². The Kier molecular flexibility index (Phi) is 8.43. The van der Waals surface area contributed by atoms with Crippen molar-refractivity contribution in [2.45, 2.75) is 35.2 Å². The van der Waals surface area contributed by atoms with Crippen molar-refractivity contribution >= 4 is 11.8 Å². The molecule has 0 aliphatic carbocycles. The monoisotopic (exact) mass is 564 g/mol. The molecule has 11 heteroatoms. The highest BCUT2D eigenvalue weighted by molar-refractivity contribution is 7.99. The summed E-state index contributed by atoms with van der Waals surface area (Å²) >= 11 is 1.34. The van der Waals surface area contributed by atoms with Crippen molar-refractivity contribution in [3.63, 3.8) is 0 Å². The maximum absolute atomic E-state index is 13.4. The van der Waals surface area contributed by atoms with Crippen molar-refractivity contribution in [2.75, 3.05) is 0 Å². The molecular formula is C28H22F6N2O2S. The van der Waals surface area contributed by atoms with Crippen molar-refractivity contribution < 1.29 is 35.8 Å². The van der Waals surface area contributed by atoms with E-state index in [9.17, 15) is 26.3 Å². The van der Waals surface area contributed by atoms with Gasteiger partial charge < -0.3 is 20.9 Å². The molecule has 4 rings (SSSR count). The molecule has 0 unspecified atom stereocenters. The minimum absolute atomic E-state index is 0.0669. The van der Waals surface area contributed by atoms with E-state index in [-0.39, 0.29) is 36.1 Å². The fraction of sp³-hybridized carbons (Fsp3) is 0.143. The van der Waals surface area contributed by atoms with Crippen LogP contribution in [0.15, 0.2) is 94.7 Å². The number of hydrogen-bond donors (Lipinski definition) is 2. The van der Waals surface area contributed by atoms with Crippen molar-refractivity contribution in [3.05, 3.63) is 107 Å². The predicted octanol–water partition coefficient (Wildman–Crippen LogP) is 8.38. The molecule has 0 aliphatic heterocycles. The van der Waals surface area contributed by atoms with Gasteiger partial charge in [0.1, 0.15) is 23.0 Å². The molecule has 0 amide bonds. The molecule has 0 heterocycles. The summed E-state index contributed by atoms with van der Waals surface area (Å²) in [6, 6.07) is 19.9. The molecule has 0 spiro atoms. The van der Waals surface area contributed by atoms with Crippen LogP contribution in [0.1, 0.15) is 22.3 Å². The zero-order valence-corrected chi connectivity index (χ0v) is 21.0. The normalized spacial score (nSPS) is 11.9. The van der Waals surface area contributed by atoms with Crippen LogP contribution in [-0.4, -0.2) is 0 Å². The SMILES string of the molecule is NCc1ccc(C(F)(F)F)c(Oc2ccc(Sc3ccc(Oc4cc(CN)ccc4C(F)(F)F)cc3)cc2)c1. The van der Waals surface area contributed by atoms with Gasteiger partial charge in [0.2, 0.25) is 0 Å². The quantitative estimate of drug-likeness (QED) is 0.210. The van der Waals surface area contributed by atoms with Crippen LogP contribution >= 0.6 is 11.8 Å². The minimum atomic E-state index is -4.59. The first-order valence-corrected chi connectivity index (χ1v) is 12.3. The number of ether oxygens (including phenoxy) is 2. The smallest absolute Gasteiger partial charge is 0.419 e. The number of hydrogen-bond acceptors (Lipinski definition) is 5. The third-order valence-corrected chi connectivity index (χ3v) is 6.53. The highest BCUT2D eigenvalue weighted by Gasteiger charge is 2.35. The van der Waals surface area contributed by atoms with Gasteiger partial charge >= 0.3 is 12.4 Å². The topological polar surface area (TPSA) is 70.5 Å². The van der Waals surface area contributed by atoms with E-state index in [4.69, 9.17) is 20.9 Å². The Hall–Kier alpha value is -3.67. The van der Waals surface area contributed by atoms with Crippen LogP contribution in [0.4, 0.5) is 26.3 Å². The second kappa shape index (κ2) is 11.6. The summed E-state index contributed by atoms with van der Waals surface area (Å²) in [7, 11) is 0. The lowest BCUT2D eigenvalue weighted by Crippen LogP contribution is -2.08. The lowest BCUT2D eigenvalue weighted by molar-refractivity contribution is -0.139. The summed E-state index contributed by atoms with van der Waals surface area (Å²) in [6.07, 6.45) is -9.18. The highest BCUT2D eigenvalue weighted by Crippen LogP contribution is 2.41. The third kappa shape index (κ3) is 7.25. The third-order valence-electron chi connectivity index (χ3n) is 5.51. The molecule has 0 radical (unpaired) electrons. The highest BCUT2D eigenvalue weighted by atomic mass is 32.2. The summed E-state index contributed by atoms with van der Waals surface area (Å²) in [5.41, 5.74) is 10.3. The minimum Gasteiger partial charge on any atom is -0.457 e. The van der Waals surface area contributed by atoms with Crippen LogP contribution < -0.4 is 20.9 Å². The van der Waals surface area contributed by atoms with Crippen LogP contribution in [0, 0.1) is 0 Å². The molecule has 0 fully saturated rings. The Bertz CT molecular complexity index is 1310. The summed E-state index contributed by atoms with van der Waals surface area (Å²) in [5.74, 6) is -0.259. The molecule has 0 aromatic heterocycles. The van der Waals surface area contributed by atoms with Crippen LogP contribution in [0.2, 0.25) is 0 Å². The fourth-order valence-corrected chi connectivity index (χ4v) is 4.38. The number of halogens is 6. The van der Waals surface area contributed by atoms with Crippen LogP contribution in [0.3, 0.4) is 0 Å². The first kappa shape index (κ1) is 28.3. The average molecular weight is 565 g/mol. The average Bonchev–Trinajstić information content (AvgIpc) is 2.89. The molecular weight excluding hydrogens is 542 g/mol. The van der Waals surface area contributed by atoms with Gasteiger partial charge in [0.05, 0.1) is 11.1 Å². The first-order valence-electron chi connectivity index (χ1n) is 11.5. The van der Waals surface area contributed by atoms with E-state index in [1.165, 1.54) is 60.3 Å². The van der Waals surface area contributed by atoms with Crippen LogP contribution in [0.5, 0.6) is 23.0 Å². The Morgan fingerprint density at radius 1 is 0.538 bits per heavy atom. The number of nitrogens with two attached hydrogens (primary N) is 2. The van der Waals surface area contributed by atoms with Gasteiger partial charge in [-0.3, -0.25) is 0 Å². The van der Waals surface area contributed by atoms with Crippen molar-refractivity contribution in [2.24, 2.45) is 11.5 Å². The largest absolute Gasteiger partial charge is 0.457 e. The second-order valence-electron chi connectivity index (χ2n) is 8.31. The van der Waals surface area contributed by atoms with E-state index in [0.29, 0.717) is 11.1 Å². The fourth-order valence-electron chi connectivity index (χ4n) is 3.57. The number of benzene rings is 4. The molecule has 4 aromatic carbocycles. The Morgan fingerprint density at radius 2 is 0.897 bits per heavy atom. The molecule has 4 N–H and O–H groups in total. The Morgan fingerprint density at radius 3 is 1.21 bits per heavy atom. The van der Waals surface area contributed by atoms with Crippen molar-refractivity contribution in [1.29, 1.82) is 0 Å². The lowest BCUT2D eigenvalue weighted by atomic mass is 10.1. The predicted molar refractivity (Wildman–Crippen MR) is 136 cm³/mol. The van der Waals surface area contributed by atoms with Crippen molar-refractivity contribution in [3.8, 4) is 23.0 Å². The molecule has 0 atom stereocenters. The number of alkyl halides is 6. The summed E-state index contributed by atoms with van der Waals surface area (Å²) < 4.78 is 91.3. The molecule has 0 saturated carbocycles. The zero-order valence-electron chi connectivity index (χ0n) is 20.1. The van der Waals surface area contributed by atoms with Gasteiger partial charge in [0, 0.05) is 22.9 Å². The second-order valence-corrected chi connectivity index (χ2v) is 9.46. The zero-order chi connectivity index (χ0) is 28.2. The summed E-state index contributed by atoms with van der Waals surface area (Å²) in [5, 5.41) is 0. The van der Waals surface area contributed by atoms with E-state index in [0.717, 1.165) is 21.9 Å². The number of rotatable bonds is 8. The Balaban J connectivity index is 1.45. The molecule has 39 heavy (non-hydrogen) atoms. The van der Waals surface area contributed by atoms with Gasteiger partial charge in [-0.05, 0) is 83.9 Å². The van der Waals surface area contributed by atoms with Gasteiger partial charge in [-0.15, -0.1) is 0 Å². The molecule has 4 nitrogen and oxygen atoms in total. The van der Waals surface area contributed by atoms with Crippen molar-refractivity contribution in [1.82, 2.24) is 0 Å². The molecule has 0 bridgehead atoms. The first-order chi connectivity index (χ1) is 18.5. The van der Waals surface area contributed by atoms with Gasteiger partial charge in [0.25, 0.3) is 0 Å². The van der Waals surface area contributed by atoms with Gasteiger partial charge in [-0.2, -0.15) is 26.3 Å². The summed E-state index contributed by atoms with van der Waals surface area (Å²) in [6.45, 7) is 0.134. The van der Waals surface area contributed by atoms with E-state index in [2.05, 4.69) is 0 Å². The van der Waals surface area contributed by atoms with Gasteiger partial charge in [0.15, 0.2) is 0 Å². The van der Waals surface area contributed by atoms with E-state index < -0.39 is 23.5 Å². The standard InChI is InChI=1S/C28H22F6N2O2S/c29-27(30,31)23-11-1-17(15-35)13-25(23)37-19-3-7-21(8-4-19)39-22-9-5-20(6-10-22)38-26-14-18(16-36)2-12-24(26)28(32,33)34/h1-14H,15-16,35-36H2. The molecule has 0 saturated heterocycles. The van der Waals surface area contributed by atoms with Gasteiger partial charge in [-0.25, -0.2) is 0 Å².